The van der Waals surface area contributed by atoms with Crippen LogP contribution in [0, 0.1) is 0 Å². The number of rotatable bonds is 7. The first-order valence-electron chi connectivity index (χ1n) is 9.29. The van der Waals surface area contributed by atoms with Gasteiger partial charge in [-0.3, -0.25) is 9.59 Å². The second kappa shape index (κ2) is 9.89. The summed E-state index contributed by atoms with van der Waals surface area (Å²) in [5.41, 5.74) is 1.12. The summed E-state index contributed by atoms with van der Waals surface area (Å²) in [6.07, 6.45) is 2.31. The standard InChI is InChI=1S/C20H25N3O4/c24-19(21-9-8-16-5-2-1-3-6-16)20(25)22-15-17(18-7-4-12-27-18)23-10-13-26-14-11-23/h1-7,12,17H,8-11,13-15H2,(H,21,24)(H,22,25)/p+1/t17-/m0/s1. The Morgan fingerprint density at radius 2 is 1.74 bits per heavy atom. The van der Waals surface area contributed by atoms with E-state index in [1.165, 1.54) is 4.90 Å². The average molecular weight is 372 g/mol. The van der Waals surface area contributed by atoms with Gasteiger partial charge < -0.3 is 24.7 Å². The van der Waals surface area contributed by atoms with Crippen molar-refractivity contribution in [2.24, 2.45) is 0 Å². The quantitative estimate of drug-likeness (QED) is 0.583. The first kappa shape index (κ1) is 19.1. The Kier molecular flexibility index (Phi) is 7.01. The molecule has 0 spiro atoms. The lowest BCUT2D eigenvalue weighted by Crippen LogP contribution is -3.15. The molecule has 1 atom stereocenters. The van der Waals surface area contributed by atoms with Gasteiger partial charge in [-0.25, -0.2) is 0 Å². The molecular formula is C20H26N3O4+. The maximum Gasteiger partial charge on any atom is 0.309 e. The second-order valence-electron chi connectivity index (χ2n) is 6.54. The van der Waals surface area contributed by atoms with Crippen LogP contribution in [0.1, 0.15) is 17.4 Å². The van der Waals surface area contributed by atoms with Crippen LogP contribution in [0.3, 0.4) is 0 Å². The first-order chi connectivity index (χ1) is 13.2. The van der Waals surface area contributed by atoms with Gasteiger partial charge in [-0.2, -0.15) is 0 Å². The Hall–Kier alpha value is -2.64. The molecule has 1 fully saturated rings. The highest BCUT2D eigenvalue weighted by atomic mass is 16.5. The number of ether oxygens (including phenoxy) is 1. The zero-order valence-corrected chi connectivity index (χ0v) is 15.3. The normalized spacial score (nSPS) is 15.9. The Balaban J connectivity index is 1.47. The molecule has 2 heterocycles. The molecular weight excluding hydrogens is 346 g/mol. The van der Waals surface area contributed by atoms with Gasteiger partial charge in [-0.05, 0) is 24.1 Å². The van der Waals surface area contributed by atoms with Crippen LogP contribution in [-0.4, -0.2) is 51.2 Å². The third kappa shape index (κ3) is 5.67. The molecule has 1 aliphatic rings. The molecule has 0 aliphatic carbocycles. The third-order valence-corrected chi connectivity index (χ3v) is 4.73. The monoisotopic (exact) mass is 372 g/mol. The number of carbonyl (C=O) groups is 2. The van der Waals surface area contributed by atoms with Crippen molar-refractivity contribution in [3.63, 3.8) is 0 Å². The molecule has 27 heavy (non-hydrogen) atoms. The van der Waals surface area contributed by atoms with Crippen LogP contribution in [0.5, 0.6) is 0 Å². The van der Waals surface area contributed by atoms with Gasteiger partial charge in [0, 0.05) is 6.54 Å². The second-order valence-corrected chi connectivity index (χ2v) is 6.54. The number of nitrogens with one attached hydrogen (secondary N) is 3. The van der Waals surface area contributed by atoms with Crippen LogP contribution in [-0.2, 0) is 20.7 Å². The van der Waals surface area contributed by atoms with Crippen LogP contribution >= 0.6 is 0 Å². The van der Waals surface area contributed by atoms with Crippen LogP contribution < -0.4 is 15.5 Å². The van der Waals surface area contributed by atoms with E-state index in [9.17, 15) is 9.59 Å². The molecule has 0 unspecified atom stereocenters. The van der Waals surface area contributed by atoms with Crippen molar-refractivity contribution in [1.29, 1.82) is 0 Å². The molecule has 1 aliphatic heterocycles. The smallest absolute Gasteiger partial charge is 0.309 e. The predicted molar refractivity (Wildman–Crippen MR) is 99.1 cm³/mol. The maximum absolute atomic E-state index is 12.2. The number of furan rings is 1. The van der Waals surface area contributed by atoms with Gasteiger partial charge in [0.25, 0.3) is 0 Å². The van der Waals surface area contributed by atoms with Crippen molar-refractivity contribution >= 4 is 11.8 Å². The van der Waals surface area contributed by atoms with Crippen molar-refractivity contribution in [2.75, 3.05) is 39.4 Å². The Bertz CT molecular complexity index is 712. The summed E-state index contributed by atoms with van der Waals surface area (Å²) in [6.45, 7) is 3.80. The fraction of sp³-hybridized carbons (Fsp3) is 0.400. The van der Waals surface area contributed by atoms with Crippen LogP contribution in [0.25, 0.3) is 0 Å². The van der Waals surface area contributed by atoms with E-state index in [0.29, 0.717) is 32.7 Å². The number of quaternary nitrogens is 1. The van der Waals surface area contributed by atoms with Gasteiger partial charge in [0.1, 0.15) is 13.1 Å². The van der Waals surface area contributed by atoms with Crippen molar-refractivity contribution < 1.29 is 23.6 Å². The van der Waals surface area contributed by atoms with Crippen molar-refractivity contribution in [1.82, 2.24) is 10.6 Å². The van der Waals surface area contributed by atoms with Gasteiger partial charge in [-0.1, -0.05) is 30.3 Å². The minimum Gasteiger partial charge on any atom is -0.463 e. The molecule has 3 rings (SSSR count). The fourth-order valence-electron chi connectivity index (χ4n) is 3.24. The number of amides is 2. The summed E-state index contributed by atoms with van der Waals surface area (Å²) >= 11 is 0. The van der Waals surface area contributed by atoms with E-state index in [4.69, 9.17) is 9.15 Å². The molecule has 2 amide bonds. The Morgan fingerprint density at radius 1 is 1.00 bits per heavy atom. The van der Waals surface area contributed by atoms with E-state index in [2.05, 4.69) is 10.6 Å². The summed E-state index contributed by atoms with van der Waals surface area (Å²) < 4.78 is 11.0. The van der Waals surface area contributed by atoms with E-state index < -0.39 is 11.8 Å². The molecule has 7 heteroatoms. The molecule has 144 valence electrons. The SMILES string of the molecule is O=C(NCCc1ccccc1)C(=O)NC[C@@H](c1ccco1)[NH+]1CCOCC1. The van der Waals surface area contributed by atoms with Gasteiger partial charge in [0.2, 0.25) is 0 Å². The Labute approximate surface area is 158 Å². The lowest BCUT2D eigenvalue weighted by Gasteiger charge is -2.30. The molecule has 1 aromatic carbocycles. The molecule has 1 saturated heterocycles. The average Bonchev–Trinajstić information content (AvgIpc) is 3.24. The summed E-state index contributed by atoms with van der Waals surface area (Å²) in [5, 5.41) is 5.41. The summed E-state index contributed by atoms with van der Waals surface area (Å²) in [4.78, 5) is 25.5. The molecule has 7 nitrogen and oxygen atoms in total. The highest BCUT2D eigenvalue weighted by Crippen LogP contribution is 2.10. The molecule has 0 saturated carbocycles. The highest BCUT2D eigenvalue weighted by molar-refractivity contribution is 6.35. The molecule has 2 aromatic rings. The van der Waals surface area contributed by atoms with Gasteiger partial charge >= 0.3 is 11.8 Å². The fourth-order valence-corrected chi connectivity index (χ4v) is 3.24. The van der Waals surface area contributed by atoms with Crippen molar-refractivity contribution in [2.45, 2.75) is 12.5 Å². The van der Waals surface area contributed by atoms with E-state index in [0.717, 1.165) is 24.4 Å². The topological polar surface area (TPSA) is 85.0 Å². The van der Waals surface area contributed by atoms with E-state index in [1.54, 1.807) is 6.26 Å². The van der Waals surface area contributed by atoms with E-state index in [-0.39, 0.29) is 6.04 Å². The van der Waals surface area contributed by atoms with Crippen molar-refractivity contribution in [3.05, 3.63) is 60.1 Å². The first-order valence-corrected chi connectivity index (χ1v) is 9.29. The van der Waals surface area contributed by atoms with E-state index >= 15 is 0 Å². The maximum atomic E-state index is 12.2. The highest BCUT2D eigenvalue weighted by Gasteiger charge is 2.29. The molecule has 0 radical (unpaired) electrons. The number of benzene rings is 1. The largest absolute Gasteiger partial charge is 0.463 e. The van der Waals surface area contributed by atoms with Crippen molar-refractivity contribution in [3.8, 4) is 0 Å². The molecule has 1 aromatic heterocycles. The zero-order valence-electron chi connectivity index (χ0n) is 15.3. The third-order valence-electron chi connectivity index (χ3n) is 4.73. The van der Waals surface area contributed by atoms with Crippen LogP contribution in [0.2, 0.25) is 0 Å². The number of morpholine rings is 1. The lowest BCUT2D eigenvalue weighted by molar-refractivity contribution is -0.938. The molecule has 0 bridgehead atoms. The number of carbonyl (C=O) groups excluding carboxylic acids is 2. The Morgan fingerprint density at radius 3 is 2.44 bits per heavy atom. The predicted octanol–water partition coefficient (Wildman–Crippen LogP) is -0.289. The number of hydrogen-bond donors (Lipinski definition) is 3. The van der Waals surface area contributed by atoms with E-state index in [1.807, 2.05) is 42.5 Å². The van der Waals surface area contributed by atoms with Gasteiger partial charge in [-0.15, -0.1) is 0 Å². The van der Waals surface area contributed by atoms with Gasteiger partial charge in [0.15, 0.2) is 11.8 Å². The van der Waals surface area contributed by atoms with Crippen LogP contribution in [0.4, 0.5) is 0 Å². The minimum atomic E-state index is -0.618. The van der Waals surface area contributed by atoms with Crippen LogP contribution in [0.15, 0.2) is 53.1 Å². The summed E-state index contributed by atoms with van der Waals surface area (Å²) in [5.74, 6) is -0.426. The summed E-state index contributed by atoms with van der Waals surface area (Å²) in [7, 11) is 0. The molecule has 3 N–H and O–H groups in total. The van der Waals surface area contributed by atoms with Gasteiger partial charge in [0.05, 0.1) is 26.0 Å². The number of hydrogen-bond acceptors (Lipinski definition) is 4. The summed E-state index contributed by atoms with van der Waals surface area (Å²) in [6, 6.07) is 13.5. The zero-order chi connectivity index (χ0) is 18.9. The minimum absolute atomic E-state index is 0.0371. The lowest BCUT2D eigenvalue weighted by atomic mass is 10.1.